The van der Waals surface area contributed by atoms with Gasteiger partial charge in [0.25, 0.3) is 0 Å². The minimum Gasteiger partial charge on any atom is -0.330 e. The largest absolute Gasteiger partial charge is 0.330 e. The maximum atomic E-state index is 5.73. The fraction of sp³-hybridized carbons (Fsp3) is 0.478. The summed E-state index contributed by atoms with van der Waals surface area (Å²) >= 11 is 0. The number of nitrogens with zero attached hydrogens (tertiary/aromatic N) is 4. The maximum Gasteiger partial charge on any atom is 0.124 e. The highest BCUT2D eigenvalue weighted by Crippen LogP contribution is 2.44. The highest BCUT2D eigenvalue weighted by atomic mass is 15.2. The van der Waals surface area contributed by atoms with Crippen molar-refractivity contribution in [2.24, 2.45) is 11.7 Å². The van der Waals surface area contributed by atoms with Crippen LogP contribution in [0.5, 0.6) is 0 Å². The second-order valence-electron chi connectivity index (χ2n) is 8.21. The first-order chi connectivity index (χ1) is 13.8. The molecule has 2 atom stereocenters. The zero-order valence-electron chi connectivity index (χ0n) is 16.4. The molecule has 1 aromatic carbocycles. The monoisotopic (exact) mass is 375 g/mol. The zero-order chi connectivity index (χ0) is 18.9. The Hall–Kier alpha value is -2.24. The number of aromatic nitrogens is 3. The van der Waals surface area contributed by atoms with E-state index in [0.717, 1.165) is 50.5 Å². The molecule has 1 aliphatic carbocycles. The van der Waals surface area contributed by atoms with Gasteiger partial charge in [0.15, 0.2) is 0 Å². The first kappa shape index (κ1) is 17.8. The summed E-state index contributed by atoms with van der Waals surface area (Å²) in [5, 5.41) is 0. The van der Waals surface area contributed by atoms with E-state index in [1.54, 1.807) is 0 Å². The molecule has 0 amide bonds. The lowest BCUT2D eigenvalue weighted by Gasteiger charge is -2.32. The van der Waals surface area contributed by atoms with Gasteiger partial charge in [-0.1, -0.05) is 18.2 Å². The number of imidazole rings is 1. The number of para-hydroxylation sites is 2. The average Bonchev–Trinajstić information content (AvgIpc) is 3.30. The van der Waals surface area contributed by atoms with Crippen LogP contribution in [0.1, 0.15) is 48.8 Å². The van der Waals surface area contributed by atoms with E-state index in [0.29, 0.717) is 6.04 Å². The van der Waals surface area contributed by atoms with Crippen molar-refractivity contribution in [3.63, 3.8) is 0 Å². The van der Waals surface area contributed by atoms with Crippen molar-refractivity contribution in [2.75, 3.05) is 13.1 Å². The summed E-state index contributed by atoms with van der Waals surface area (Å²) in [5.41, 5.74) is 10.8. The van der Waals surface area contributed by atoms with E-state index in [9.17, 15) is 0 Å². The van der Waals surface area contributed by atoms with Gasteiger partial charge >= 0.3 is 0 Å². The van der Waals surface area contributed by atoms with E-state index >= 15 is 0 Å². The fourth-order valence-electron chi connectivity index (χ4n) is 5.16. The quantitative estimate of drug-likeness (QED) is 0.668. The van der Waals surface area contributed by atoms with Gasteiger partial charge in [-0.2, -0.15) is 0 Å². The van der Waals surface area contributed by atoms with Crippen molar-refractivity contribution in [3.05, 3.63) is 59.7 Å². The molecule has 5 nitrogen and oxygen atoms in total. The van der Waals surface area contributed by atoms with Crippen molar-refractivity contribution in [1.82, 2.24) is 19.4 Å². The molecule has 0 radical (unpaired) electrons. The summed E-state index contributed by atoms with van der Waals surface area (Å²) in [4.78, 5) is 12.4. The molecule has 2 unspecified atom stereocenters. The molecular weight excluding hydrogens is 346 g/mol. The molecular formula is C23H29N5. The third-order valence-electron chi connectivity index (χ3n) is 6.53. The van der Waals surface area contributed by atoms with Crippen LogP contribution >= 0.6 is 0 Å². The molecule has 3 aromatic rings. The molecule has 2 N–H and O–H groups in total. The molecule has 28 heavy (non-hydrogen) atoms. The first-order valence-electron chi connectivity index (χ1n) is 10.7. The Bertz CT molecular complexity index is 963. The van der Waals surface area contributed by atoms with Gasteiger partial charge in [0.05, 0.1) is 29.3 Å². The third-order valence-corrected chi connectivity index (χ3v) is 6.53. The van der Waals surface area contributed by atoms with E-state index in [4.69, 9.17) is 15.7 Å². The highest BCUT2D eigenvalue weighted by Gasteiger charge is 2.40. The number of rotatable bonds is 6. The van der Waals surface area contributed by atoms with Gasteiger partial charge in [0.2, 0.25) is 0 Å². The smallest absolute Gasteiger partial charge is 0.124 e. The van der Waals surface area contributed by atoms with E-state index in [2.05, 4.69) is 45.9 Å². The van der Waals surface area contributed by atoms with E-state index < -0.39 is 0 Å². The molecule has 3 heterocycles. The van der Waals surface area contributed by atoms with Gasteiger partial charge in [0.1, 0.15) is 5.82 Å². The molecule has 2 aromatic heterocycles. The standard InChI is InChI=1S/C23H29N5/c24-12-3-4-14-28-20-8-2-1-7-19(20)26-21(28)16-27-15-11-18-10-9-17-6-5-13-25-22(17)23(18)27/h1-2,5-8,13,18,23H,3-4,9-12,14-16,24H2. The van der Waals surface area contributed by atoms with Gasteiger partial charge in [0, 0.05) is 12.7 Å². The topological polar surface area (TPSA) is 60.0 Å². The van der Waals surface area contributed by atoms with Crippen molar-refractivity contribution in [1.29, 1.82) is 0 Å². The molecule has 146 valence electrons. The van der Waals surface area contributed by atoms with Crippen molar-refractivity contribution in [3.8, 4) is 0 Å². The van der Waals surface area contributed by atoms with Gasteiger partial charge in [-0.3, -0.25) is 9.88 Å². The van der Waals surface area contributed by atoms with Crippen LogP contribution in [-0.2, 0) is 19.5 Å². The van der Waals surface area contributed by atoms with Crippen LogP contribution < -0.4 is 5.73 Å². The summed E-state index contributed by atoms with van der Waals surface area (Å²) in [6.45, 7) is 3.77. The first-order valence-corrected chi connectivity index (χ1v) is 10.7. The Morgan fingerprint density at radius 3 is 2.93 bits per heavy atom. The van der Waals surface area contributed by atoms with E-state index in [1.807, 2.05) is 6.20 Å². The number of likely N-dealkylation sites (tertiary alicyclic amines) is 1. The SMILES string of the molecule is NCCCCn1c(CN2CCC3CCc4cccnc4C32)nc2ccccc21. The zero-order valence-corrected chi connectivity index (χ0v) is 16.4. The Labute approximate surface area is 166 Å². The second kappa shape index (κ2) is 7.64. The third kappa shape index (κ3) is 3.12. The number of pyridine rings is 1. The molecule has 0 saturated carbocycles. The molecule has 5 rings (SSSR count). The molecule has 2 aliphatic rings. The molecule has 0 bridgehead atoms. The molecule has 1 saturated heterocycles. The van der Waals surface area contributed by atoms with Crippen LogP contribution in [0.3, 0.4) is 0 Å². The van der Waals surface area contributed by atoms with Crippen molar-refractivity contribution < 1.29 is 0 Å². The molecule has 1 aliphatic heterocycles. The van der Waals surface area contributed by atoms with Crippen molar-refractivity contribution in [2.45, 2.75) is 51.2 Å². The Morgan fingerprint density at radius 2 is 2.00 bits per heavy atom. The van der Waals surface area contributed by atoms with E-state index in [1.165, 1.54) is 41.9 Å². The number of hydrogen-bond acceptors (Lipinski definition) is 4. The lowest BCUT2D eigenvalue weighted by atomic mass is 9.83. The Balaban J connectivity index is 1.46. The number of fused-ring (bicyclic) bond motifs is 4. The highest BCUT2D eigenvalue weighted by molar-refractivity contribution is 5.75. The minimum atomic E-state index is 0.447. The van der Waals surface area contributed by atoms with Crippen LogP contribution in [-0.4, -0.2) is 32.5 Å². The predicted octanol–water partition coefficient (Wildman–Crippen LogP) is 3.68. The summed E-state index contributed by atoms with van der Waals surface area (Å²) in [6, 6.07) is 13.3. The van der Waals surface area contributed by atoms with Crippen LogP contribution in [0.25, 0.3) is 11.0 Å². The van der Waals surface area contributed by atoms with Crippen LogP contribution in [0.15, 0.2) is 42.6 Å². The Kier molecular flexibility index (Phi) is 4.87. The Morgan fingerprint density at radius 1 is 1.07 bits per heavy atom. The number of benzene rings is 1. The fourth-order valence-corrected chi connectivity index (χ4v) is 5.16. The average molecular weight is 376 g/mol. The molecule has 0 spiro atoms. The lowest BCUT2D eigenvalue weighted by Crippen LogP contribution is -2.30. The minimum absolute atomic E-state index is 0.447. The maximum absolute atomic E-state index is 5.73. The lowest BCUT2D eigenvalue weighted by molar-refractivity contribution is 0.195. The summed E-state index contributed by atoms with van der Waals surface area (Å²) in [6.07, 6.45) is 7.84. The second-order valence-corrected chi connectivity index (χ2v) is 8.21. The summed E-state index contributed by atoms with van der Waals surface area (Å²) in [5.74, 6) is 1.92. The van der Waals surface area contributed by atoms with Crippen LogP contribution in [0.2, 0.25) is 0 Å². The van der Waals surface area contributed by atoms with Gasteiger partial charge < -0.3 is 10.3 Å². The van der Waals surface area contributed by atoms with Crippen molar-refractivity contribution >= 4 is 11.0 Å². The number of nitrogens with two attached hydrogens (primary N) is 1. The number of hydrogen-bond donors (Lipinski definition) is 1. The molecule has 5 heteroatoms. The van der Waals surface area contributed by atoms with Gasteiger partial charge in [-0.05, 0) is 74.9 Å². The summed E-state index contributed by atoms with van der Waals surface area (Å²) < 4.78 is 2.42. The number of aryl methyl sites for hydroxylation is 2. The normalized spacial score (nSPS) is 21.8. The molecule has 1 fully saturated rings. The predicted molar refractivity (Wildman–Crippen MR) is 112 cm³/mol. The van der Waals surface area contributed by atoms with E-state index in [-0.39, 0.29) is 0 Å². The van der Waals surface area contributed by atoms with Gasteiger partial charge in [-0.25, -0.2) is 4.98 Å². The van der Waals surface area contributed by atoms with Crippen LogP contribution in [0.4, 0.5) is 0 Å². The summed E-state index contributed by atoms with van der Waals surface area (Å²) in [7, 11) is 0. The number of unbranched alkanes of at least 4 members (excludes halogenated alkanes) is 1. The van der Waals surface area contributed by atoms with Gasteiger partial charge in [-0.15, -0.1) is 0 Å². The van der Waals surface area contributed by atoms with Crippen LogP contribution in [0, 0.1) is 5.92 Å².